The van der Waals surface area contributed by atoms with Gasteiger partial charge in [-0.2, -0.15) is 0 Å². The van der Waals surface area contributed by atoms with Gasteiger partial charge in [0.2, 0.25) is 0 Å². The number of rotatable bonds is 2. The fourth-order valence-corrected chi connectivity index (χ4v) is 2.72. The van der Waals surface area contributed by atoms with Gasteiger partial charge in [0.25, 0.3) is 0 Å². The van der Waals surface area contributed by atoms with E-state index in [0.29, 0.717) is 26.2 Å². The standard InChI is InChI=1S/C18H23N3O3/c1-5-13-6-7-14-15(12-13)24-19-16(14)20-8-10-21(11-9-20)17(22)23-18(2,3)4/h5-7,12H,1,8-11H2,2-4H3. The molecule has 1 aliphatic rings. The monoisotopic (exact) mass is 329 g/mol. The van der Waals surface area contributed by atoms with Crippen LogP contribution in [0.4, 0.5) is 10.6 Å². The van der Waals surface area contributed by atoms with Gasteiger partial charge in [0, 0.05) is 26.2 Å². The van der Waals surface area contributed by atoms with Crippen LogP contribution >= 0.6 is 0 Å². The van der Waals surface area contributed by atoms with E-state index in [1.54, 1.807) is 11.0 Å². The molecule has 0 atom stereocenters. The molecule has 0 aliphatic carbocycles. The molecule has 6 nitrogen and oxygen atoms in total. The molecule has 0 N–H and O–H groups in total. The Morgan fingerprint density at radius 2 is 2.00 bits per heavy atom. The molecule has 128 valence electrons. The Labute approximate surface area is 141 Å². The summed E-state index contributed by atoms with van der Waals surface area (Å²) in [5.74, 6) is 0.824. The van der Waals surface area contributed by atoms with Crippen LogP contribution < -0.4 is 4.90 Å². The van der Waals surface area contributed by atoms with Crippen LogP contribution in [0, 0.1) is 0 Å². The van der Waals surface area contributed by atoms with E-state index in [4.69, 9.17) is 9.26 Å². The van der Waals surface area contributed by atoms with Crippen molar-refractivity contribution >= 4 is 29.0 Å². The summed E-state index contributed by atoms with van der Waals surface area (Å²) in [7, 11) is 0. The van der Waals surface area contributed by atoms with Gasteiger partial charge < -0.3 is 19.1 Å². The lowest BCUT2D eigenvalue weighted by molar-refractivity contribution is 0.0240. The van der Waals surface area contributed by atoms with Crippen molar-refractivity contribution in [3.05, 3.63) is 30.3 Å². The minimum absolute atomic E-state index is 0.261. The second-order valence-corrected chi connectivity index (χ2v) is 6.92. The minimum atomic E-state index is -0.473. The zero-order valence-corrected chi connectivity index (χ0v) is 14.4. The van der Waals surface area contributed by atoms with Crippen LogP contribution in [-0.4, -0.2) is 47.9 Å². The Morgan fingerprint density at radius 3 is 2.62 bits per heavy atom. The van der Waals surface area contributed by atoms with Crippen molar-refractivity contribution in [2.75, 3.05) is 31.1 Å². The van der Waals surface area contributed by atoms with Crippen LogP contribution in [0.25, 0.3) is 17.0 Å². The fourth-order valence-electron chi connectivity index (χ4n) is 2.72. The Morgan fingerprint density at radius 1 is 1.29 bits per heavy atom. The molecule has 0 unspecified atom stereocenters. The molecule has 0 saturated carbocycles. The third-order valence-corrected chi connectivity index (χ3v) is 3.94. The summed E-state index contributed by atoms with van der Waals surface area (Å²) >= 11 is 0. The van der Waals surface area contributed by atoms with E-state index in [0.717, 1.165) is 22.4 Å². The van der Waals surface area contributed by atoms with Crippen molar-refractivity contribution < 1.29 is 14.1 Å². The maximum Gasteiger partial charge on any atom is 0.410 e. The van der Waals surface area contributed by atoms with E-state index in [1.165, 1.54) is 0 Å². The summed E-state index contributed by atoms with van der Waals surface area (Å²) in [6, 6.07) is 5.92. The van der Waals surface area contributed by atoms with Gasteiger partial charge in [-0.05, 0) is 38.5 Å². The first-order chi connectivity index (χ1) is 11.4. The second-order valence-electron chi connectivity index (χ2n) is 6.92. The fraction of sp³-hybridized carbons (Fsp3) is 0.444. The molecule has 1 amide bonds. The molecule has 24 heavy (non-hydrogen) atoms. The Kier molecular flexibility index (Phi) is 4.22. The molecular weight excluding hydrogens is 306 g/mol. The summed E-state index contributed by atoms with van der Waals surface area (Å²) in [4.78, 5) is 16.0. The molecule has 1 saturated heterocycles. The highest BCUT2D eigenvalue weighted by molar-refractivity contribution is 5.90. The number of amides is 1. The highest BCUT2D eigenvalue weighted by Crippen LogP contribution is 2.28. The molecule has 1 aliphatic heterocycles. The summed E-state index contributed by atoms with van der Waals surface area (Å²) < 4.78 is 10.9. The van der Waals surface area contributed by atoms with Gasteiger partial charge in [0.15, 0.2) is 11.4 Å². The molecule has 1 aromatic heterocycles. The van der Waals surface area contributed by atoms with E-state index >= 15 is 0 Å². The molecule has 2 aromatic rings. The summed E-state index contributed by atoms with van der Waals surface area (Å²) in [6.45, 7) is 12.0. The first-order valence-corrected chi connectivity index (χ1v) is 8.12. The van der Waals surface area contributed by atoms with E-state index in [1.807, 2.05) is 39.0 Å². The molecule has 6 heteroatoms. The molecule has 1 fully saturated rings. The average molecular weight is 329 g/mol. The van der Waals surface area contributed by atoms with Crippen molar-refractivity contribution in [3.8, 4) is 0 Å². The largest absolute Gasteiger partial charge is 0.444 e. The summed E-state index contributed by atoms with van der Waals surface area (Å²) in [6.07, 6.45) is 1.52. The van der Waals surface area contributed by atoms with Crippen LogP contribution in [0.2, 0.25) is 0 Å². The molecular formula is C18H23N3O3. The SMILES string of the molecule is C=Cc1ccc2c(N3CCN(C(=O)OC(C)(C)C)CC3)noc2c1. The molecule has 0 spiro atoms. The predicted molar refractivity (Wildman–Crippen MR) is 94.1 cm³/mol. The van der Waals surface area contributed by atoms with E-state index in [9.17, 15) is 4.79 Å². The second kappa shape index (κ2) is 6.19. The normalized spacial score (nSPS) is 15.6. The number of piperazine rings is 1. The van der Waals surface area contributed by atoms with Gasteiger partial charge in [-0.15, -0.1) is 0 Å². The molecule has 0 bridgehead atoms. The number of benzene rings is 1. The number of nitrogens with zero attached hydrogens (tertiary/aromatic N) is 3. The van der Waals surface area contributed by atoms with Crippen molar-refractivity contribution in [2.24, 2.45) is 0 Å². The first kappa shape index (κ1) is 16.4. The molecule has 3 rings (SSSR count). The average Bonchev–Trinajstić information content (AvgIpc) is 2.96. The Balaban J connectivity index is 1.69. The number of carbonyl (C=O) groups is 1. The summed E-state index contributed by atoms with van der Waals surface area (Å²) in [5.41, 5.74) is 1.27. The van der Waals surface area contributed by atoms with Gasteiger partial charge in [-0.1, -0.05) is 23.9 Å². The smallest absolute Gasteiger partial charge is 0.410 e. The third-order valence-electron chi connectivity index (χ3n) is 3.94. The van der Waals surface area contributed by atoms with Gasteiger partial charge in [-0.25, -0.2) is 4.79 Å². The maximum absolute atomic E-state index is 12.1. The van der Waals surface area contributed by atoms with Gasteiger partial charge >= 0.3 is 6.09 Å². The lowest BCUT2D eigenvalue weighted by Crippen LogP contribution is -2.50. The Hall–Kier alpha value is -2.50. The third kappa shape index (κ3) is 3.37. The predicted octanol–water partition coefficient (Wildman–Crippen LogP) is 3.53. The zero-order valence-electron chi connectivity index (χ0n) is 14.4. The van der Waals surface area contributed by atoms with Crippen LogP contribution in [-0.2, 0) is 4.74 Å². The lowest BCUT2D eigenvalue weighted by atomic mass is 10.1. The van der Waals surface area contributed by atoms with E-state index < -0.39 is 5.60 Å². The van der Waals surface area contributed by atoms with Crippen LogP contribution in [0.1, 0.15) is 26.3 Å². The molecule has 2 heterocycles. The van der Waals surface area contributed by atoms with Crippen LogP contribution in [0.3, 0.4) is 0 Å². The van der Waals surface area contributed by atoms with Crippen LogP contribution in [0.5, 0.6) is 0 Å². The van der Waals surface area contributed by atoms with E-state index in [-0.39, 0.29) is 6.09 Å². The topological polar surface area (TPSA) is 58.8 Å². The number of hydrogen-bond acceptors (Lipinski definition) is 5. The van der Waals surface area contributed by atoms with Gasteiger partial charge in [0.05, 0.1) is 5.39 Å². The highest BCUT2D eigenvalue weighted by atomic mass is 16.6. The summed E-state index contributed by atoms with van der Waals surface area (Å²) in [5, 5.41) is 5.18. The number of aromatic nitrogens is 1. The quantitative estimate of drug-likeness (QED) is 0.843. The number of ether oxygens (including phenoxy) is 1. The molecule has 1 aromatic carbocycles. The van der Waals surface area contributed by atoms with Gasteiger partial charge in [-0.3, -0.25) is 0 Å². The van der Waals surface area contributed by atoms with Gasteiger partial charge in [0.1, 0.15) is 5.60 Å². The number of hydrogen-bond donors (Lipinski definition) is 0. The van der Waals surface area contributed by atoms with Crippen LogP contribution in [0.15, 0.2) is 29.3 Å². The number of fused-ring (bicyclic) bond motifs is 1. The van der Waals surface area contributed by atoms with Crippen molar-refractivity contribution in [1.82, 2.24) is 10.1 Å². The highest BCUT2D eigenvalue weighted by Gasteiger charge is 2.27. The van der Waals surface area contributed by atoms with Crippen molar-refractivity contribution in [1.29, 1.82) is 0 Å². The minimum Gasteiger partial charge on any atom is -0.444 e. The maximum atomic E-state index is 12.1. The van der Waals surface area contributed by atoms with Crippen molar-refractivity contribution in [2.45, 2.75) is 26.4 Å². The molecule has 0 radical (unpaired) electrons. The van der Waals surface area contributed by atoms with E-state index in [2.05, 4.69) is 16.6 Å². The zero-order chi connectivity index (χ0) is 17.3. The Bertz CT molecular complexity index is 752. The van der Waals surface area contributed by atoms with Crippen molar-refractivity contribution in [3.63, 3.8) is 0 Å². The lowest BCUT2D eigenvalue weighted by Gasteiger charge is -2.35. The number of anilines is 1. The first-order valence-electron chi connectivity index (χ1n) is 8.12. The number of carbonyl (C=O) groups excluding carboxylic acids is 1.